The maximum Gasteiger partial charge on any atom is 0.256 e. The zero-order chi connectivity index (χ0) is 19.4. The Hall–Kier alpha value is -2.38. The minimum Gasteiger partial charge on any atom is -0.379 e. The maximum absolute atomic E-state index is 13.9. The number of hydrogen-bond acceptors (Lipinski definition) is 5. The quantitative estimate of drug-likeness (QED) is 0.810. The number of aliphatic hydroxyl groups is 1. The Morgan fingerprint density at radius 3 is 2.67 bits per heavy atom. The van der Waals surface area contributed by atoms with Crippen molar-refractivity contribution in [1.82, 2.24) is 20.2 Å². The van der Waals surface area contributed by atoms with Gasteiger partial charge in [0.1, 0.15) is 11.6 Å². The number of nitrogens with one attached hydrogen (secondary N) is 1. The molecule has 0 spiro atoms. The molecule has 2 aromatic rings. The van der Waals surface area contributed by atoms with Crippen molar-refractivity contribution < 1.29 is 14.3 Å². The van der Waals surface area contributed by atoms with Gasteiger partial charge in [-0.2, -0.15) is 0 Å². The number of carbonyl (C=O) groups is 1. The minimum absolute atomic E-state index is 0.107. The van der Waals surface area contributed by atoms with Crippen molar-refractivity contribution in [2.45, 2.75) is 45.4 Å². The zero-order valence-corrected chi connectivity index (χ0v) is 15.7. The standard InChI is InChI=1S/C20H25FN4O2/c1-14-10-15(2)24-18(23-14)11-22-13-20(27)8-5-9-25(19(20)26)12-16-6-3-4-7-17(16)21/h3-4,6-7,10,22,27H,5,8-9,11-13H2,1-2H3. The van der Waals surface area contributed by atoms with E-state index in [1.54, 1.807) is 18.2 Å². The van der Waals surface area contributed by atoms with Crippen LogP contribution in [0, 0.1) is 19.7 Å². The van der Waals surface area contributed by atoms with Crippen LogP contribution in [0.3, 0.4) is 0 Å². The van der Waals surface area contributed by atoms with E-state index in [1.165, 1.54) is 11.0 Å². The topological polar surface area (TPSA) is 78.4 Å². The summed E-state index contributed by atoms with van der Waals surface area (Å²) in [6.45, 7) is 4.94. The minimum atomic E-state index is -1.50. The van der Waals surface area contributed by atoms with Crippen LogP contribution in [0.2, 0.25) is 0 Å². The largest absolute Gasteiger partial charge is 0.379 e. The van der Waals surface area contributed by atoms with E-state index in [9.17, 15) is 14.3 Å². The van der Waals surface area contributed by atoms with Gasteiger partial charge < -0.3 is 15.3 Å². The number of amides is 1. The Balaban J connectivity index is 1.62. The number of piperidine rings is 1. The molecule has 3 rings (SSSR count). The van der Waals surface area contributed by atoms with E-state index in [0.29, 0.717) is 37.3 Å². The molecule has 1 aliphatic rings. The Morgan fingerprint density at radius 1 is 1.26 bits per heavy atom. The highest BCUT2D eigenvalue weighted by atomic mass is 19.1. The van der Waals surface area contributed by atoms with Gasteiger partial charge in [0, 0.05) is 36.6 Å². The molecule has 1 fully saturated rings. The lowest BCUT2D eigenvalue weighted by Gasteiger charge is -2.38. The molecule has 7 heteroatoms. The summed E-state index contributed by atoms with van der Waals surface area (Å²) < 4.78 is 13.9. The second-order valence-electron chi connectivity index (χ2n) is 7.12. The lowest BCUT2D eigenvalue weighted by atomic mass is 9.91. The summed E-state index contributed by atoms with van der Waals surface area (Å²) in [7, 11) is 0. The molecular weight excluding hydrogens is 347 g/mol. The number of halogens is 1. The van der Waals surface area contributed by atoms with Crippen molar-refractivity contribution in [1.29, 1.82) is 0 Å². The van der Waals surface area contributed by atoms with Crippen molar-refractivity contribution in [2.24, 2.45) is 0 Å². The van der Waals surface area contributed by atoms with Crippen LogP contribution in [0.15, 0.2) is 30.3 Å². The van der Waals surface area contributed by atoms with Crippen LogP contribution in [0.5, 0.6) is 0 Å². The normalized spacial score (nSPS) is 20.1. The smallest absolute Gasteiger partial charge is 0.256 e. The molecule has 1 aromatic carbocycles. The highest BCUT2D eigenvalue weighted by molar-refractivity contribution is 5.86. The predicted molar refractivity (Wildman–Crippen MR) is 99.2 cm³/mol. The van der Waals surface area contributed by atoms with Gasteiger partial charge in [-0.1, -0.05) is 18.2 Å². The first-order valence-corrected chi connectivity index (χ1v) is 9.14. The number of hydrogen-bond donors (Lipinski definition) is 2. The number of nitrogens with zero attached hydrogens (tertiary/aromatic N) is 3. The molecule has 0 bridgehead atoms. The fourth-order valence-corrected chi connectivity index (χ4v) is 3.47. The Kier molecular flexibility index (Phi) is 5.82. The number of rotatable bonds is 6. The zero-order valence-electron chi connectivity index (χ0n) is 15.7. The Labute approximate surface area is 158 Å². The van der Waals surface area contributed by atoms with E-state index in [4.69, 9.17) is 0 Å². The monoisotopic (exact) mass is 372 g/mol. The average Bonchev–Trinajstić information content (AvgIpc) is 2.60. The summed E-state index contributed by atoms with van der Waals surface area (Å²) in [5.74, 6) is -0.0853. The maximum atomic E-state index is 13.9. The number of carbonyl (C=O) groups excluding carboxylic acids is 1. The highest BCUT2D eigenvalue weighted by Gasteiger charge is 2.41. The van der Waals surface area contributed by atoms with Crippen LogP contribution < -0.4 is 5.32 Å². The molecule has 0 radical (unpaired) electrons. The third-order valence-electron chi connectivity index (χ3n) is 4.75. The summed E-state index contributed by atoms with van der Waals surface area (Å²) >= 11 is 0. The second-order valence-corrected chi connectivity index (χ2v) is 7.12. The SMILES string of the molecule is Cc1cc(C)nc(CNCC2(O)CCCN(Cc3ccccc3F)C2=O)n1. The lowest BCUT2D eigenvalue weighted by molar-refractivity contribution is -0.157. The van der Waals surface area contributed by atoms with E-state index < -0.39 is 5.60 Å². The number of benzene rings is 1. The summed E-state index contributed by atoms with van der Waals surface area (Å²) in [5, 5.41) is 14.0. The third kappa shape index (κ3) is 4.67. The van der Waals surface area contributed by atoms with Crippen LogP contribution in [-0.2, 0) is 17.9 Å². The molecule has 2 heterocycles. The average molecular weight is 372 g/mol. The second kappa shape index (κ2) is 8.10. The molecule has 2 N–H and O–H groups in total. The van der Waals surface area contributed by atoms with Gasteiger partial charge in [-0.05, 0) is 38.8 Å². The predicted octanol–water partition coefficient (Wildman–Crippen LogP) is 1.88. The summed E-state index contributed by atoms with van der Waals surface area (Å²) in [4.78, 5) is 23.0. The Morgan fingerprint density at radius 2 is 1.96 bits per heavy atom. The van der Waals surface area contributed by atoms with E-state index in [2.05, 4.69) is 15.3 Å². The molecule has 1 saturated heterocycles. The van der Waals surface area contributed by atoms with Gasteiger partial charge in [0.15, 0.2) is 5.60 Å². The summed E-state index contributed by atoms with van der Waals surface area (Å²) in [5.41, 5.74) is 0.708. The van der Waals surface area contributed by atoms with Gasteiger partial charge in [-0.3, -0.25) is 4.79 Å². The fraction of sp³-hybridized carbons (Fsp3) is 0.450. The molecule has 0 aliphatic carbocycles. The first kappa shape index (κ1) is 19.4. The molecule has 1 amide bonds. The van der Waals surface area contributed by atoms with Gasteiger partial charge in [0.25, 0.3) is 5.91 Å². The molecule has 6 nitrogen and oxygen atoms in total. The van der Waals surface area contributed by atoms with Crippen molar-refractivity contribution in [2.75, 3.05) is 13.1 Å². The van der Waals surface area contributed by atoms with Crippen LogP contribution >= 0.6 is 0 Å². The van der Waals surface area contributed by atoms with Crippen molar-refractivity contribution in [3.63, 3.8) is 0 Å². The van der Waals surface area contributed by atoms with Crippen LogP contribution in [0.4, 0.5) is 4.39 Å². The summed E-state index contributed by atoms with van der Waals surface area (Å²) in [6.07, 6.45) is 1.04. The van der Waals surface area contributed by atoms with Gasteiger partial charge in [-0.15, -0.1) is 0 Å². The van der Waals surface area contributed by atoms with Gasteiger partial charge in [-0.25, -0.2) is 14.4 Å². The molecule has 0 saturated carbocycles. The van der Waals surface area contributed by atoms with E-state index in [-0.39, 0.29) is 24.8 Å². The molecule has 1 aromatic heterocycles. The summed E-state index contributed by atoms with van der Waals surface area (Å²) in [6, 6.07) is 8.28. The van der Waals surface area contributed by atoms with Crippen LogP contribution in [-0.4, -0.2) is 44.6 Å². The molecule has 1 unspecified atom stereocenters. The van der Waals surface area contributed by atoms with Crippen LogP contribution in [0.1, 0.15) is 35.6 Å². The van der Waals surface area contributed by atoms with Crippen molar-refractivity contribution in [3.05, 3.63) is 58.9 Å². The van der Waals surface area contributed by atoms with Gasteiger partial charge in [0.05, 0.1) is 6.54 Å². The first-order valence-electron chi connectivity index (χ1n) is 9.14. The lowest BCUT2D eigenvalue weighted by Crippen LogP contribution is -2.57. The van der Waals surface area contributed by atoms with Crippen LogP contribution in [0.25, 0.3) is 0 Å². The van der Waals surface area contributed by atoms with Crippen molar-refractivity contribution in [3.8, 4) is 0 Å². The molecule has 1 atom stereocenters. The van der Waals surface area contributed by atoms with E-state index in [0.717, 1.165) is 11.4 Å². The number of aryl methyl sites for hydroxylation is 2. The molecular formula is C20H25FN4O2. The number of likely N-dealkylation sites (tertiary alicyclic amines) is 1. The number of aromatic nitrogens is 2. The highest BCUT2D eigenvalue weighted by Crippen LogP contribution is 2.24. The molecule has 144 valence electrons. The van der Waals surface area contributed by atoms with Gasteiger partial charge >= 0.3 is 0 Å². The first-order chi connectivity index (χ1) is 12.9. The van der Waals surface area contributed by atoms with Gasteiger partial charge in [0.2, 0.25) is 0 Å². The third-order valence-corrected chi connectivity index (χ3v) is 4.75. The van der Waals surface area contributed by atoms with E-state index >= 15 is 0 Å². The molecule has 1 aliphatic heterocycles. The molecule has 27 heavy (non-hydrogen) atoms. The Bertz CT molecular complexity index is 809. The van der Waals surface area contributed by atoms with Crippen molar-refractivity contribution >= 4 is 5.91 Å². The van der Waals surface area contributed by atoms with E-state index in [1.807, 2.05) is 19.9 Å². The fourth-order valence-electron chi connectivity index (χ4n) is 3.47.